The zero-order valence-electron chi connectivity index (χ0n) is 18.0. The van der Waals surface area contributed by atoms with Gasteiger partial charge in [0.2, 0.25) is 5.91 Å². The topological polar surface area (TPSA) is 79.3 Å². The minimum atomic E-state index is -4.78. The highest BCUT2D eigenvalue weighted by Gasteiger charge is 2.53. The molecule has 1 heterocycles. The maximum atomic E-state index is 14.6. The van der Waals surface area contributed by atoms with Gasteiger partial charge in [-0.1, -0.05) is 18.2 Å². The summed E-state index contributed by atoms with van der Waals surface area (Å²) in [6, 6.07) is 7.26. The van der Waals surface area contributed by atoms with Gasteiger partial charge in [-0.15, -0.1) is 0 Å². The number of hydrogen-bond acceptors (Lipinski definition) is 3. The number of carboxylic acids is 1. The van der Waals surface area contributed by atoms with Crippen LogP contribution in [0.25, 0.3) is 11.1 Å². The zero-order chi connectivity index (χ0) is 26.5. The molecule has 1 aromatic heterocycles. The van der Waals surface area contributed by atoms with Crippen molar-refractivity contribution in [3.8, 4) is 11.1 Å². The highest BCUT2D eigenvalue weighted by atomic mass is 19.4. The van der Waals surface area contributed by atoms with Gasteiger partial charge in [0.15, 0.2) is 0 Å². The van der Waals surface area contributed by atoms with Crippen molar-refractivity contribution in [2.45, 2.75) is 30.6 Å². The first-order valence-electron chi connectivity index (χ1n) is 10.3. The lowest BCUT2D eigenvalue weighted by Crippen LogP contribution is -2.29. The average molecular weight is 512 g/mol. The van der Waals surface area contributed by atoms with Gasteiger partial charge in [-0.2, -0.15) is 26.3 Å². The van der Waals surface area contributed by atoms with Crippen LogP contribution in [0.4, 0.5) is 36.4 Å². The molecule has 0 aliphatic heterocycles. The number of carboxylic acid groups (broad SMARTS) is 1. The number of aromatic nitrogens is 1. The van der Waals surface area contributed by atoms with Crippen LogP contribution >= 0.6 is 0 Å². The molecular formula is C24H15F7N2O3. The first kappa shape index (κ1) is 25.1. The molecule has 0 radical (unpaired) electrons. The van der Waals surface area contributed by atoms with Crippen molar-refractivity contribution < 1.29 is 45.4 Å². The van der Waals surface area contributed by atoms with Gasteiger partial charge in [0.1, 0.15) is 11.5 Å². The maximum Gasteiger partial charge on any atom is 0.433 e. The molecule has 1 aliphatic carbocycles. The number of hydrogen-bond donors (Lipinski definition) is 2. The van der Waals surface area contributed by atoms with E-state index in [0.29, 0.717) is 18.2 Å². The normalized spacial score (nSPS) is 14.9. The summed E-state index contributed by atoms with van der Waals surface area (Å²) >= 11 is 0. The van der Waals surface area contributed by atoms with Crippen LogP contribution in [-0.4, -0.2) is 22.0 Å². The van der Waals surface area contributed by atoms with E-state index in [-0.39, 0.29) is 40.8 Å². The third kappa shape index (κ3) is 4.62. The van der Waals surface area contributed by atoms with Gasteiger partial charge in [0.05, 0.1) is 16.5 Å². The molecule has 0 unspecified atom stereocenters. The van der Waals surface area contributed by atoms with Gasteiger partial charge in [0.25, 0.3) is 0 Å². The third-order valence-corrected chi connectivity index (χ3v) is 5.88. The minimum absolute atomic E-state index is 0.0399. The molecule has 2 N–H and O–H groups in total. The lowest BCUT2D eigenvalue weighted by Gasteiger charge is -2.20. The van der Waals surface area contributed by atoms with Gasteiger partial charge in [-0.05, 0) is 43.2 Å². The van der Waals surface area contributed by atoms with Crippen LogP contribution in [-0.2, 0) is 22.6 Å². The second-order valence-corrected chi connectivity index (χ2v) is 8.19. The Bertz CT molecular complexity index is 1350. The van der Waals surface area contributed by atoms with E-state index >= 15 is 0 Å². The Morgan fingerprint density at radius 2 is 1.64 bits per heavy atom. The molecule has 1 aliphatic rings. The number of rotatable bonds is 5. The Labute approximate surface area is 198 Å². The van der Waals surface area contributed by atoms with E-state index in [1.165, 1.54) is 18.2 Å². The van der Waals surface area contributed by atoms with Gasteiger partial charge in [-0.3, -0.25) is 9.78 Å². The van der Waals surface area contributed by atoms with Crippen LogP contribution in [0.2, 0.25) is 0 Å². The summed E-state index contributed by atoms with van der Waals surface area (Å²) in [5, 5.41) is 12.1. The van der Waals surface area contributed by atoms with E-state index in [0.717, 1.165) is 18.3 Å². The molecule has 188 valence electrons. The highest BCUT2D eigenvalue weighted by molar-refractivity contribution is 6.07. The van der Waals surface area contributed by atoms with Crippen LogP contribution in [0.3, 0.4) is 0 Å². The van der Waals surface area contributed by atoms with Crippen LogP contribution < -0.4 is 5.32 Å². The number of nitrogens with one attached hydrogen (secondary N) is 1. The summed E-state index contributed by atoms with van der Waals surface area (Å²) in [5.41, 5.74) is -4.78. The number of carbonyl (C=O) groups excluding carboxylic acids is 1. The highest BCUT2D eigenvalue weighted by Crippen LogP contribution is 2.51. The minimum Gasteiger partial charge on any atom is -0.478 e. The number of carbonyl (C=O) groups is 2. The molecule has 1 saturated carbocycles. The fraction of sp³-hybridized carbons (Fsp3) is 0.208. The fourth-order valence-corrected chi connectivity index (χ4v) is 3.92. The smallest absolute Gasteiger partial charge is 0.433 e. The van der Waals surface area contributed by atoms with Crippen molar-refractivity contribution in [3.63, 3.8) is 0 Å². The Kier molecular flexibility index (Phi) is 6.01. The van der Waals surface area contributed by atoms with E-state index in [1.54, 1.807) is 0 Å². The molecule has 1 fully saturated rings. The monoisotopic (exact) mass is 512 g/mol. The molecule has 36 heavy (non-hydrogen) atoms. The first-order chi connectivity index (χ1) is 16.7. The first-order valence-corrected chi connectivity index (χ1v) is 10.3. The second-order valence-electron chi connectivity index (χ2n) is 8.19. The van der Waals surface area contributed by atoms with E-state index in [1.807, 2.05) is 0 Å². The SMILES string of the molecule is O=C(O)c1cccc(NC(=O)C2(c3ccc(C(F)(F)F)cc3F)CC2)c1-c1ccc(C(F)(F)F)nc1. The molecule has 0 spiro atoms. The van der Waals surface area contributed by atoms with Crippen molar-refractivity contribution in [2.75, 3.05) is 5.32 Å². The Hall–Kier alpha value is -3.96. The molecule has 0 bridgehead atoms. The van der Waals surface area contributed by atoms with E-state index < -0.39 is 46.7 Å². The lowest BCUT2D eigenvalue weighted by atomic mass is 9.92. The Morgan fingerprint density at radius 3 is 2.14 bits per heavy atom. The number of halogens is 7. The quantitative estimate of drug-likeness (QED) is 0.394. The predicted molar refractivity (Wildman–Crippen MR) is 113 cm³/mol. The van der Waals surface area contributed by atoms with Crippen LogP contribution in [0.15, 0.2) is 54.7 Å². The number of amides is 1. The molecule has 12 heteroatoms. The molecule has 0 saturated heterocycles. The summed E-state index contributed by atoms with van der Waals surface area (Å²) in [7, 11) is 0. The molecule has 5 nitrogen and oxygen atoms in total. The molecule has 3 aromatic rings. The van der Waals surface area contributed by atoms with E-state index in [4.69, 9.17) is 0 Å². The third-order valence-electron chi connectivity index (χ3n) is 5.88. The molecule has 2 aromatic carbocycles. The number of benzene rings is 2. The number of pyridine rings is 1. The largest absolute Gasteiger partial charge is 0.478 e. The molecule has 4 rings (SSSR count). The summed E-state index contributed by atoms with van der Waals surface area (Å²) < 4.78 is 92.0. The molecule has 1 amide bonds. The summed E-state index contributed by atoms with van der Waals surface area (Å²) in [6.45, 7) is 0. The van der Waals surface area contributed by atoms with Gasteiger partial charge in [0, 0.05) is 28.6 Å². The zero-order valence-corrected chi connectivity index (χ0v) is 18.0. The van der Waals surface area contributed by atoms with Gasteiger partial charge >= 0.3 is 18.3 Å². The fourth-order valence-electron chi connectivity index (χ4n) is 3.92. The summed E-state index contributed by atoms with van der Waals surface area (Å²) in [5.74, 6) is -3.45. The van der Waals surface area contributed by atoms with Crippen molar-refractivity contribution in [1.29, 1.82) is 0 Å². The number of aromatic carboxylic acids is 1. The van der Waals surface area contributed by atoms with Gasteiger partial charge < -0.3 is 10.4 Å². The van der Waals surface area contributed by atoms with E-state index in [2.05, 4.69) is 10.3 Å². The Balaban J connectivity index is 1.72. The summed E-state index contributed by atoms with van der Waals surface area (Å²) in [4.78, 5) is 28.3. The van der Waals surface area contributed by atoms with Gasteiger partial charge in [-0.25, -0.2) is 9.18 Å². The summed E-state index contributed by atoms with van der Waals surface area (Å²) in [6.07, 6.45) is -8.46. The number of nitrogens with zero attached hydrogens (tertiary/aromatic N) is 1. The maximum absolute atomic E-state index is 14.6. The van der Waals surface area contributed by atoms with Crippen molar-refractivity contribution in [2.24, 2.45) is 0 Å². The van der Waals surface area contributed by atoms with Crippen molar-refractivity contribution >= 4 is 17.6 Å². The predicted octanol–water partition coefficient (Wildman–Crippen LogP) is 6.29. The average Bonchev–Trinajstić information content (AvgIpc) is 3.59. The molecular weight excluding hydrogens is 497 g/mol. The lowest BCUT2D eigenvalue weighted by molar-refractivity contribution is -0.141. The number of alkyl halides is 6. The van der Waals surface area contributed by atoms with Crippen molar-refractivity contribution in [3.05, 3.63) is 82.9 Å². The second kappa shape index (κ2) is 8.61. The van der Waals surface area contributed by atoms with Crippen molar-refractivity contribution in [1.82, 2.24) is 4.98 Å². The number of anilines is 1. The Morgan fingerprint density at radius 1 is 0.944 bits per heavy atom. The van der Waals surface area contributed by atoms with Crippen LogP contribution in [0, 0.1) is 5.82 Å². The molecule has 0 atom stereocenters. The van der Waals surface area contributed by atoms with Crippen LogP contribution in [0.1, 0.15) is 40.0 Å². The van der Waals surface area contributed by atoms with Crippen LogP contribution in [0.5, 0.6) is 0 Å². The van der Waals surface area contributed by atoms with E-state index in [9.17, 15) is 45.4 Å². The standard InChI is InChI=1S/C24H15F7N2O3/c25-16-10-13(23(26,27)28)5-6-15(16)22(8-9-22)21(36)33-17-3-1-2-14(20(34)35)19(17)12-4-7-18(32-11-12)24(29,30)31/h1-7,10-11H,8-9H2,(H,33,36)(H,34,35).